The number of pyridine rings is 1. The third kappa shape index (κ3) is 9.27. The second-order valence-corrected chi connectivity index (χ2v) is 22.6. The Kier molecular flexibility index (Phi) is 12.0. The number of fused-ring (bicyclic) bond motifs is 2. The molecule has 0 amide bonds. The molecule has 3 heterocycles. The normalized spacial score (nSPS) is 13.4. The Bertz CT molecular complexity index is 4170. The van der Waals surface area contributed by atoms with E-state index in [4.69, 9.17) is 13.8 Å². The van der Waals surface area contributed by atoms with Gasteiger partial charge in [-0.1, -0.05) is 48.5 Å². The van der Waals surface area contributed by atoms with Crippen LogP contribution in [0.4, 0.5) is 22.9 Å². The first-order valence-electron chi connectivity index (χ1n) is 27.6. The van der Waals surface area contributed by atoms with Gasteiger partial charge in [0.25, 0.3) is 0 Å². The Balaban J connectivity index is 1.05. The summed E-state index contributed by atoms with van der Waals surface area (Å²) >= 11 is 2.48. The third-order valence-electron chi connectivity index (χ3n) is 14.5. The Morgan fingerprint density at radius 3 is 1.91 bits per heavy atom. The molecule has 380 valence electrons. The number of aromatic nitrogens is 3. The number of benzene rings is 9. The first-order chi connectivity index (χ1) is 38.5. The van der Waals surface area contributed by atoms with Crippen LogP contribution >= 0.6 is 0 Å². The average Bonchev–Trinajstić information content (AvgIpc) is 4.12. The minimum atomic E-state index is -2.42. The van der Waals surface area contributed by atoms with Gasteiger partial charge in [0.1, 0.15) is 0 Å². The van der Waals surface area contributed by atoms with Gasteiger partial charge in [0, 0.05) is 5.69 Å². The molecule has 0 N–H and O–H groups in total. The van der Waals surface area contributed by atoms with Gasteiger partial charge in [-0.3, -0.25) is 0 Å². The number of hydrogen-bond donors (Lipinski definition) is 0. The van der Waals surface area contributed by atoms with Gasteiger partial charge in [-0.05, 0) is 12.1 Å². The monoisotopic (exact) mass is 1180 g/mol. The van der Waals surface area contributed by atoms with Crippen LogP contribution in [0.25, 0.3) is 55.8 Å². The average molecular weight is 1180 g/mol. The van der Waals surface area contributed by atoms with Crippen LogP contribution in [0.1, 0.15) is 62.3 Å². The van der Waals surface area contributed by atoms with E-state index in [2.05, 4.69) is 231 Å². The molecule has 77 heavy (non-hydrogen) atoms. The molecule has 0 radical (unpaired) electrons. The maximum atomic E-state index is 8.65. The molecule has 0 unspecified atom stereocenters. The van der Waals surface area contributed by atoms with Crippen molar-refractivity contribution in [1.82, 2.24) is 14.1 Å². The Hall–Kier alpha value is -8.25. The Labute approximate surface area is 468 Å². The van der Waals surface area contributed by atoms with Gasteiger partial charge in [0.15, 0.2) is 0 Å². The van der Waals surface area contributed by atoms with E-state index in [0.717, 1.165) is 71.0 Å². The topological polar surface area (TPSA) is 38.5 Å². The van der Waals surface area contributed by atoms with E-state index < -0.39 is 6.85 Å². The molecule has 8 heteroatoms. The van der Waals surface area contributed by atoms with Crippen LogP contribution in [0.3, 0.4) is 0 Å². The van der Waals surface area contributed by atoms with E-state index in [1.54, 1.807) is 12.1 Å². The van der Waals surface area contributed by atoms with Crippen molar-refractivity contribution in [2.24, 2.45) is 0 Å². The predicted molar refractivity (Wildman–Crippen MR) is 315 cm³/mol. The number of aryl methyl sites for hydroxylation is 1. The molecule has 0 aliphatic carbocycles. The van der Waals surface area contributed by atoms with Gasteiger partial charge in [-0.2, -0.15) is 12.1 Å². The van der Waals surface area contributed by atoms with Crippen LogP contribution < -0.4 is 19.8 Å². The SMILES string of the molecule is [2H]C([2H])([2H])c1ccccc1-c1ccc(N2B(c3ccccc3)N(c3ccccc3)c3ccc[c-]c32)nc1Oc1[c-]c(-n2[c](=[Pt])n(-c3c(-c4ccccc4)cc(C(C)(C)C)cc3-c3cccc(C(C)(C)C)c3)c3ccccc32)ccc1. The molecular formula is C69H58BN5OPt-2. The molecule has 0 saturated carbocycles. The van der Waals surface area contributed by atoms with Gasteiger partial charge in [0.05, 0.1) is 0 Å². The van der Waals surface area contributed by atoms with Gasteiger partial charge < -0.3 is 0 Å². The van der Waals surface area contributed by atoms with Gasteiger partial charge >= 0.3 is 386 Å². The summed E-state index contributed by atoms with van der Waals surface area (Å²) in [6.45, 7) is 10.9. The first kappa shape index (κ1) is 46.1. The second kappa shape index (κ2) is 20.0. The maximum absolute atomic E-state index is 8.65. The Morgan fingerprint density at radius 2 is 1.18 bits per heavy atom. The number of rotatable bonds is 10. The van der Waals surface area contributed by atoms with Crippen molar-refractivity contribution < 1.29 is 28.2 Å². The number of para-hydroxylation sites is 4. The van der Waals surface area contributed by atoms with E-state index in [9.17, 15) is 0 Å². The second-order valence-electron chi connectivity index (χ2n) is 21.6. The molecule has 0 fully saturated rings. The van der Waals surface area contributed by atoms with Crippen molar-refractivity contribution in [3.05, 3.63) is 257 Å². The van der Waals surface area contributed by atoms with Crippen molar-refractivity contribution in [2.45, 2.75) is 59.2 Å². The fourth-order valence-corrected chi connectivity index (χ4v) is 11.7. The van der Waals surface area contributed by atoms with Crippen LogP contribution in [0.15, 0.2) is 224 Å². The van der Waals surface area contributed by atoms with E-state index in [1.165, 1.54) is 11.1 Å². The summed E-state index contributed by atoms with van der Waals surface area (Å²) in [6.07, 6.45) is 0. The zero-order valence-corrected chi connectivity index (χ0v) is 46.2. The van der Waals surface area contributed by atoms with E-state index >= 15 is 0 Å². The number of imidazole rings is 1. The molecule has 0 atom stereocenters. The van der Waals surface area contributed by atoms with Gasteiger partial charge in [-0.15, -0.1) is 6.07 Å². The Morgan fingerprint density at radius 1 is 0.545 bits per heavy atom. The molecule has 0 spiro atoms. The number of hydrogen-bond acceptors (Lipinski definition) is 4. The summed E-state index contributed by atoms with van der Waals surface area (Å²) in [5, 5.41) is 0. The molecule has 1 aliphatic rings. The molecule has 11 aromatic rings. The van der Waals surface area contributed by atoms with Crippen molar-refractivity contribution in [1.29, 1.82) is 0 Å². The number of nitrogens with zero attached hydrogens (tertiary/aromatic N) is 5. The van der Waals surface area contributed by atoms with Crippen LogP contribution in [-0.2, 0) is 30.2 Å². The predicted octanol–water partition coefficient (Wildman–Crippen LogP) is 16.9. The molecular weight excluding hydrogens is 1120 g/mol. The van der Waals surface area contributed by atoms with Crippen molar-refractivity contribution >= 4 is 46.4 Å². The summed E-state index contributed by atoms with van der Waals surface area (Å²) in [6, 6.07) is 83.9. The van der Waals surface area contributed by atoms with Crippen molar-refractivity contribution in [2.75, 3.05) is 9.62 Å². The molecule has 12 rings (SSSR count). The van der Waals surface area contributed by atoms with E-state index in [-0.39, 0.29) is 29.3 Å². The molecule has 0 bridgehead atoms. The van der Waals surface area contributed by atoms with Gasteiger partial charge in [-0.25, -0.2) is 0 Å². The molecule has 6 nitrogen and oxygen atoms in total. The molecule has 2 aromatic heterocycles. The van der Waals surface area contributed by atoms with Crippen LogP contribution in [0, 0.1) is 22.8 Å². The molecule has 1 aliphatic heterocycles. The number of anilines is 4. The summed E-state index contributed by atoms with van der Waals surface area (Å²) < 4.78 is 38.6. The number of ether oxygens (including phenoxy) is 1. The summed E-state index contributed by atoms with van der Waals surface area (Å²) in [7, 11) is 0. The minimum absolute atomic E-state index is 0.0660. The quantitative estimate of drug-likeness (QED) is 0.101. The van der Waals surface area contributed by atoms with E-state index in [1.807, 2.05) is 72.8 Å². The standard InChI is InChI=1S/C69H58BN5O.Pt/c1-48-25-17-18-36-57(48)58-41-42-65(75-64-40-22-21-39-63(64)74(54-32-15-10-16-33-54)70(75)53-30-13-9-14-31-53)71-67(58)76-56-35-24-34-55(46-56)72-47-73(62-38-20-19-37-61(62)72)66-59(49-26-11-8-12-27-49)44-52(69(5,6)7)45-60(66)50-28-23-29-51(43-50)68(2,3)4;/h8-39,41-45H,1-7H3;/q-2;/i1D3;. The fourth-order valence-electron chi connectivity index (χ4n) is 10.6. The molecule has 0 saturated heterocycles. The third-order valence-corrected chi connectivity index (χ3v) is 15.5. The fraction of sp³-hybridized carbons (Fsp3) is 0.130. The van der Waals surface area contributed by atoms with Crippen LogP contribution in [0.2, 0.25) is 0 Å². The summed E-state index contributed by atoms with van der Waals surface area (Å²) in [4.78, 5) is 9.92. The zero-order chi connectivity index (χ0) is 55.5. The zero-order valence-electron chi connectivity index (χ0n) is 46.9. The summed E-state index contributed by atoms with van der Waals surface area (Å²) in [5.74, 6) is 1.22. The van der Waals surface area contributed by atoms with Crippen molar-refractivity contribution in [3.8, 4) is 56.4 Å². The first-order valence-corrected chi connectivity index (χ1v) is 27.2. The van der Waals surface area contributed by atoms with Gasteiger partial charge in [0.2, 0.25) is 0 Å². The molecule has 9 aromatic carbocycles. The van der Waals surface area contributed by atoms with Crippen molar-refractivity contribution in [3.63, 3.8) is 0 Å². The summed E-state index contributed by atoms with van der Waals surface area (Å²) in [5.41, 5.74) is 15.7. The van der Waals surface area contributed by atoms with Crippen LogP contribution in [0.5, 0.6) is 11.6 Å². The van der Waals surface area contributed by atoms with Crippen LogP contribution in [-0.4, -0.2) is 21.1 Å². The van der Waals surface area contributed by atoms with E-state index in [0.29, 0.717) is 22.7 Å².